The third kappa shape index (κ3) is 3.58. The molecule has 3 rings (SSSR count). The summed E-state index contributed by atoms with van der Waals surface area (Å²) in [5.74, 6) is 0.773. The Bertz CT molecular complexity index is 701. The van der Waals surface area contributed by atoms with Gasteiger partial charge in [-0.1, -0.05) is 12.1 Å². The van der Waals surface area contributed by atoms with Gasteiger partial charge in [-0.25, -0.2) is 10.4 Å². The number of rotatable bonds is 5. The minimum Gasteiger partial charge on any atom is -0.497 e. The van der Waals surface area contributed by atoms with E-state index >= 15 is 0 Å². The van der Waals surface area contributed by atoms with Gasteiger partial charge in [0.15, 0.2) is 0 Å². The lowest BCUT2D eigenvalue weighted by molar-refractivity contribution is -0.134. The van der Waals surface area contributed by atoms with Crippen molar-refractivity contribution in [3.05, 3.63) is 45.9 Å². The molecule has 2 aromatic rings. The lowest BCUT2D eigenvalue weighted by Gasteiger charge is -2.24. The third-order valence-electron chi connectivity index (χ3n) is 4.19. The largest absolute Gasteiger partial charge is 0.497 e. The smallest absolute Gasteiger partial charge is 0.229 e. The van der Waals surface area contributed by atoms with Crippen LogP contribution in [0.4, 0.5) is 0 Å². The van der Waals surface area contributed by atoms with E-state index in [1.807, 2.05) is 43.6 Å². The molecule has 1 aromatic heterocycles. The molecule has 1 aliphatic rings. The van der Waals surface area contributed by atoms with E-state index in [1.54, 1.807) is 23.3 Å². The van der Waals surface area contributed by atoms with Crippen LogP contribution in [-0.4, -0.2) is 36.5 Å². The van der Waals surface area contributed by atoms with Crippen LogP contribution >= 0.6 is 11.3 Å². The first-order chi connectivity index (χ1) is 11.6. The predicted molar refractivity (Wildman–Crippen MR) is 93.7 cm³/mol. The average molecular weight is 346 g/mol. The van der Waals surface area contributed by atoms with E-state index in [9.17, 15) is 4.79 Å². The van der Waals surface area contributed by atoms with Crippen molar-refractivity contribution in [2.24, 2.45) is 5.92 Å². The standard InChI is InChI=1S/C17H22N4O2S/c1-11-10-24-15(19-11)9-21(2)17(22)14-8-18-20-16(14)12-4-6-13(23-3)7-5-12/h4-7,10,14,16,18,20H,8-9H2,1-3H3. The van der Waals surface area contributed by atoms with Gasteiger partial charge in [0.1, 0.15) is 10.8 Å². The molecule has 1 saturated heterocycles. The van der Waals surface area contributed by atoms with Gasteiger partial charge in [0.2, 0.25) is 5.91 Å². The maximum Gasteiger partial charge on any atom is 0.229 e. The summed E-state index contributed by atoms with van der Waals surface area (Å²) in [5, 5.41) is 2.97. The van der Waals surface area contributed by atoms with Gasteiger partial charge < -0.3 is 9.64 Å². The molecule has 7 heteroatoms. The number of ether oxygens (including phenoxy) is 1. The summed E-state index contributed by atoms with van der Waals surface area (Å²) >= 11 is 1.59. The molecule has 0 radical (unpaired) electrons. The molecule has 2 N–H and O–H groups in total. The number of hydrazine groups is 1. The van der Waals surface area contributed by atoms with Gasteiger partial charge in [-0.3, -0.25) is 10.2 Å². The fourth-order valence-corrected chi connectivity index (χ4v) is 3.72. The van der Waals surface area contributed by atoms with E-state index in [4.69, 9.17) is 4.74 Å². The van der Waals surface area contributed by atoms with Crippen LogP contribution in [0.1, 0.15) is 22.3 Å². The molecule has 6 nitrogen and oxygen atoms in total. The number of hydrogen-bond donors (Lipinski definition) is 2. The second-order valence-electron chi connectivity index (χ2n) is 5.96. The van der Waals surface area contributed by atoms with Gasteiger partial charge >= 0.3 is 0 Å². The summed E-state index contributed by atoms with van der Waals surface area (Å²) in [6.07, 6.45) is 0. The highest BCUT2D eigenvalue weighted by Gasteiger charge is 2.35. The number of nitrogens with one attached hydrogen (secondary N) is 2. The van der Waals surface area contributed by atoms with Gasteiger partial charge in [0, 0.05) is 24.7 Å². The van der Waals surface area contributed by atoms with Crippen molar-refractivity contribution in [3.8, 4) is 5.75 Å². The molecular formula is C17H22N4O2S. The lowest BCUT2D eigenvalue weighted by Crippen LogP contribution is -2.36. The number of methoxy groups -OCH3 is 1. The van der Waals surface area contributed by atoms with E-state index < -0.39 is 0 Å². The number of hydrogen-bond acceptors (Lipinski definition) is 6. The quantitative estimate of drug-likeness (QED) is 0.865. The number of aryl methyl sites for hydroxylation is 1. The fourth-order valence-electron chi connectivity index (χ4n) is 2.89. The number of nitrogens with zero attached hydrogens (tertiary/aromatic N) is 2. The molecular weight excluding hydrogens is 324 g/mol. The molecule has 0 aliphatic carbocycles. The second kappa shape index (κ2) is 7.29. The third-order valence-corrected chi connectivity index (χ3v) is 5.14. The van der Waals surface area contributed by atoms with Crippen LogP contribution in [0.2, 0.25) is 0 Å². The Labute approximate surface area is 145 Å². The van der Waals surface area contributed by atoms with Gasteiger partial charge in [0.25, 0.3) is 0 Å². The molecule has 2 unspecified atom stereocenters. The zero-order valence-electron chi connectivity index (χ0n) is 14.1. The molecule has 0 bridgehead atoms. The summed E-state index contributed by atoms with van der Waals surface area (Å²) in [5.41, 5.74) is 8.39. The van der Waals surface area contributed by atoms with E-state index in [-0.39, 0.29) is 17.9 Å². The molecule has 1 aromatic carbocycles. The molecule has 24 heavy (non-hydrogen) atoms. The van der Waals surface area contributed by atoms with Gasteiger partial charge in [-0.2, -0.15) is 0 Å². The van der Waals surface area contributed by atoms with Gasteiger partial charge in [-0.15, -0.1) is 11.3 Å². The highest BCUT2D eigenvalue weighted by Crippen LogP contribution is 2.28. The molecule has 128 valence electrons. The van der Waals surface area contributed by atoms with E-state index in [0.29, 0.717) is 13.1 Å². The second-order valence-corrected chi connectivity index (χ2v) is 6.90. The maximum absolute atomic E-state index is 12.9. The van der Waals surface area contributed by atoms with Crippen molar-refractivity contribution < 1.29 is 9.53 Å². The summed E-state index contributed by atoms with van der Waals surface area (Å²) in [4.78, 5) is 19.1. The monoisotopic (exact) mass is 346 g/mol. The minimum absolute atomic E-state index is 0.0520. The van der Waals surface area contributed by atoms with Crippen molar-refractivity contribution in [1.82, 2.24) is 20.7 Å². The average Bonchev–Trinajstić information content (AvgIpc) is 3.23. The Morgan fingerprint density at radius 1 is 1.42 bits per heavy atom. The Morgan fingerprint density at radius 3 is 2.79 bits per heavy atom. The van der Waals surface area contributed by atoms with Crippen molar-refractivity contribution in [2.75, 3.05) is 20.7 Å². The molecule has 1 amide bonds. The minimum atomic E-state index is -0.149. The Kier molecular flexibility index (Phi) is 5.13. The molecule has 1 aliphatic heterocycles. The highest BCUT2D eigenvalue weighted by atomic mass is 32.1. The topological polar surface area (TPSA) is 66.5 Å². The summed E-state index contributed by atoms with van der Waals surface area (Å²) < 4.78 is 5.20. The number of thiazole rings is 1. The summed E-state index contributed by atoms with van der Waals surface area (Å²) in [6.45, 7) is 3.12. The van der Waals surface area contributed by atoms with Crippen molar-refractivity contribution >= 4 is 17.2 Å². The van der Waals surface area contributed by atoms with Crippen LogP contribution in [0, 0.1) is 12.8 Å². The van der Waals surface area contributed by atoms with Crippen LogP contribution in [0.25, 0.3) is 0 Å². The van der Waals surface area contributed by atoms with Gasteiger partial charge in [-0.05, 0) is 24.6 Å². The summed E-state index contributed by atoms with van der Waals surface area (Å²) in [6, 6.07) is 7.77. The first-order valence-corrected chi connectivity index (χ1v) is 8.74. The van der Waals surface area contributed by atoms with E-state index in [1.165, 1.54) is 0 Å². The van der Waals surface area contributed by atoms with Crippen molar-refractivity contribution in [3.63, 3.8) is 0 Å². The lowest BCUT2D eigenvalue weighted by atomic mass is 9.93. The zero-order chi connectivity index (χ0) is 17.1. The van der Waals surface area contributed by atoms with E-state index in [2.05, 4.69) is 15.8 Å². The van der Waals surface area contributed by atoms with Crippen LogP contribution in [-0.2, 0) is 11.3 Å². The fraction of sp³-hybridized carbons (Fsp3) is 0.412. The molecule has 2 atom stereocenters. The number of benzene rings is 1. The van der Waals surface area contributed by atoms with Crippen molar-refractivity contribution in [1.29, 1.82) is 0 Å². The molecule has 1 fully saturated rings. The van der Waals surface area contributed by atoms with Crippen molar-refractivity contribution in [2.45, 2.75) is 19.5 Å². The number of amides is 1. The maximum atomic E-state index is 12.9. The SMILES string of the molecule is COc1ccc(C2NNCC2C(=O)N(C)Cc2nc(C)cs2)cc1. The Hall–Kier alpha value is -1.96. The molecule has 0 saturated carbocycles. The van der Waals surface area contributed by atoms with Crippen LogP contribution in [0.3, 0.4) is 0 Å². The number of carbonyl (C=O) groups excluding carboxylic acids is 1. The highest BCUT2D eigenvalue weighted by molar-refractivity contribution is 7.09. The number of carbonyl (C=O) groups is 1. The number of aromatic nitrogens is 1. The van der Waals surface area contributed by atoms with Crippen LogP contribution < -0.4 is 15.6 Å². The Morgan fingerprint density at radius 2 is 2.17 bits per heavy atom. The normalized spacial score (nSPS) is 20.1. The first kappa shape index (κ1) is 16.9. The summed E-state index contributed by atoms with van der Waals surface area (Å²) in [7, 11) is 3.48. The predicted octanol–water partition coefficient (Wildman–Crippen LogP) is 1.88. The zero-order valence-corrected chi connectivity index (χ0v) is 14.9. The Balaban J connectivity index is 1.70. The first-order valence-electron chi connectivity index (χ1n) is 7.87. The van der Waals surface area contributed by atoms with E-state index in [0.717, 1.165) is 22.0 Å². The van der Waals surface area contributed by atoms with Crippen LogP contribution in [0.5, 0.6) is 5.75 Å². The molecule has 2 heterocycles. The molecule has 0 spiro atoms. The van der Waals surface area contributed by atoms with Crippen LogP contribution in [0.15, 0.2) is 29.6 Å². The van der Waals surface area contributed by atoms with Gasteiger partial charge in [0.05, 0.1) is 25.6 Å².